The summed E-state index contributed by atoms with van der Waals surface area (Å²) in [6.45, 7) is 13.5. The van der Waals surface area contributed by atoms with Gasteiger partial charge in [-0.1, -0.05) is 20.3 Å². The Morgan fingerprint density at radius 3 is 2.28 bits per heavy atom. The molecule has 3 nitrogen and oxygen atoms in total. The molecule has 18 heavy (non-hydrogen) atoms. The minimum Gasteiger partial charge on any atom is -0.460 e. The number of hydrogen-bond acceptors (Lipinski definition) is 3. The normalized spacial score (nSPS) is 20.7. The molecule has 0 N–H and O–H groups in total. The van der Waals surface area contributed by atoms with Gasteiger partial charge in [0.1, 0.15) is 5.60 Å². The summed E-state index contributed by atoms with van der Waals surface area (Å²) in [5, 5.41) is 0. The standard InChI is InChI=1S/C15H29NO2/c1-6-15(5)8-11-16(12-9-15)10-7-13(17)18-14(2,3)4/h6-12H2,1-5H3. The summed E-state index contributed by atoms with van der Waals surface area (Å²) < 4.78 is 5.33. The van der Waals surface area contributed by atoms with Crippen LogP contribution in [0.3, 0.4) is 0 Å². The van der Waals surface area contributed by atoms with E-state index in [-0.39, 0.29) is 11.6 Å². The van der Waals surface area contributed by atoms with Crippen LogP contribution in [0.2, 0.25) is 0 Å². The lowest BCUT2D eigenvalue weighted by Gasteiger charge is -2.38. The first-order valence-electron chi connectivity index (χ1n) is 7.18. The van der Waals surface area contributed by atoms with Crippen LogP contribution >= 0.6 is 0 Å². The number of carbonyl (C=O) groups excluding carboxylic acids is 1. The molecule has 0 aromatic heterocycles. The highest BCUT2D eigenvalue weighted by Crippen LogP contribution is 2.33. The van der Waals surface area contributed by atoms with Gasteiger partial charge in [-0.2, -0.15) is 0 Å². The first-order valence-corrected chi connectivity index (χ1v) is 7.18. The Labute approximate surface area is 112 Å². The van der Waals surface area contributed by atoms with Gasteiger partial charge in [0.2, 0.25) is 0 Å². The molecule has 0 aromatic rings. The van der Waals surface area contributed by atoms with Crippen molar-refractivity contribution in [3.8, 4) is 0 Å². The average molecular weight is 255 g/mol. The SMILES string of the molecule is CCC1(C)CCN(CCC(=O)OC(C)(C)C)CC1. The lowest BCUT2D eigenvalue weighted by atomic mass is 9.78. The molecular formula is C15H29NO2. The molecule has 1 heterocycles. The van der Waals surface area contributed by atoms with E-state index in [4.69, 9.17) is 4.74 Å². The van der Waals surface area contributed by atoms with E-state index >= 15 is 0 Å². The average Bonchev–Trinajstić information content (AvgIpc) is 2.26. The minimum absolute atomic E-state index is 0.0775. The molecule has 0 bridgehead atoms. The van der Waals surface area contributed by atoms with Crippen molar-refractivity contribution in [2.75, 3.05) is 19.6 Å². The fourth-order valence-corrected chi connectivity index (χ4v) is 2.31. The summed E-state index contributed by atoms with van der Waals surface area (Å²) in [5.41, 5.74) is 0.155. The van der Waals surface area contributed by atoms with E-state index in [9.17, 15) is 4.79 Å². The summed E-state index contributed by atoms with van der Waals surface area (Å²) in [6, 6.07) is 0. The van der Waals surface area contributed by atoms with Crippen molar-refractivity contribution >= 4 is 5.97 Å². The molecule has 0 aliphatic carbocycles. The van der Waals surface area contributed by atoms with Crippen LogP contribution in [0.5, 0.6) is 0 Å². The summed E-state index contributed by atoms with van der Waals surface area (Å²) >= 11 is 0. The van der Waals surface area contributed by atoms with Crippen molar-refractivity contribution in [3.05, 3.63) is 0 Å². The molecule has 1 aliphatic rings. The van der Waals surface area contributed by atoms with Crippen molar-refractivity contribution in [1.29, 1.82) is 0 Å². The van der Waals surface area contributed by atoms with E-state index in [1.807, 2.05) is 20.8 Å². The van der Waals surface area contributed by atoms with Crippen LogP contribution in [0, 0.1) is 5.41 Å². The quantitative estimate of drug-likeness (QED) is 0.722. The summed E-state index contributed by atoms with van der Waals surface area (Å²) in [7, 11) is 0. The van der Waals surface area contributed by atoms with Crippen LogP contribution in [0.25, 0.3) is 0 Å². The maximum atomic E-state index is 11.6. The molecule has 0 amide bonds. The zero-order valence-electron chi connectivity index (χ0n) is 12.7. The van der Waals surface area contributed by atoms with Crippen LogP contribution in [-0.2, 0) is 9.53 Å². The molecule has 1 saturated heterocycles. The Kier molecular flexibility index (Phi) is 5.20. The Hall–Kier alpha value is -0.570. The fraction of sp³-hybridized carbons (Fsp3) is 0.933. The maximum Gasteiger partial charge on any atom is 0.307 e. The minimum atomic E-state index is -0.361. The highest BCUT2D eigenvalue weighted by atomic mass is 16.6. The Morgan fingerprint density at radius 2 is 1.83 bits per heavy atom. The zero-order chi connectivity index (χ0) is 13.8. The van der Waals surface area contributed by atoms with Crippen LogP contribution in [0.1, 0.15) is 60.3 Å². The van der Waals surface area contributed by atoms with Crippen molar-refractivity contribution in [2.45, 2.75) is 65.9 Å². The van der Waals surface area contributed by atoms with Gasteiger partial charge in [-0.15, -0.1) is 0 Å². The Balaban J connectivity index is 2.24. The molecule has 0 spiro atoms. The van der Waals surface area contributed by atoms with Gasteiger partial charge in [-0.3, -0.25) is 4.79 Å². The van der Waals surface area contributed by atoms with E-state index in [1.165, 1.54) is 19.3 Å². The molecule has 1 aliphatic heterocycles. The second kappa shape index (κ2) is 6.05. The molecule has 0 radical (unpaired) electrons. The second-order valence-electron chi connectivity index (χ2n) is 6.84. The molecule has 1 fully saturated rings. The van der Waals surface area contributed by atoms with Crippen molar-refractivity contribution in [2.24, 2.45) is 5.41 Å². The number of carbonyl (C=O) groups is 1. The second-order valence-corrected chi connectivity index (χ2v) is 6.84. The molecule has 106 valence electrons. The molecule has 0 saturated carbocycles. The van der Waals surface area contributed by atoms with Crippen molar-refractivity contribution < 1.29 is 9.53 Å². The van der Waals surface area contributed by atoms with Crippen LogP contribution in [0.15, 0.2) is 0 Å². The van der Waals surface area contributed by atoms with E-state index in [2.05, 4.69) is 18.7 Å². The molecule has 0 atom stereocenters. The van der Waals surface area contributed by atoms with Gasteiger partial charge in [-0.25, -0.2) is 0 Å². The summed E-state index contributed by atoms with van der Waals surface area (Å²) in [6.07, 6.45) is 4.27. The highest BCUT2D eigenvalue weighted by molar-refractivity contribution is 5.70. The van der Waals surface area contributed by atoms with E-state index in [0.29, 0.717) is 11.8 Å². The third-order valence-corrected chi connectivity index (χ3v) is 3.97. The molecule has 3 heteroatoms. The van der Waals surface area contributed by atoms with Crippen LogP contribution in [0.4, 0.5) is 0 Å². The maximum absolute atomic E-state index is 11.6. The first kappa shape index (κ1) is 15.5. The molecule has 1 rings (SSSR count). The van der Waals surface area contributed by atoms with Gasteiger partial charge in [-0.05, 0) is 52.1 Å². The predicted octanol–water partition coefficient (Wildman–Crippen LogP) is 3.23. The lowest BCUT2D eigenvalue weighted by molar-refractivity contribution is -0.155. The Bertz CT molecular complexity index is 273. The zero-order valence-corrected chi connectivity index (χ0v) is 12.7. The van der Waals surface area contributed by atoms with Gasteiger partial charge < -0.3 is 9.64 Å². The lowest BCUT2D eigenvalue weighted by Crippen LogP contribution is -2.39. The van der Waals surface area contributed by atoms with Gasteiger partial charge >= 0.3 is 5.97 Å². The van der Waals surface area contributed by atoms with Crippen LogP contribution in [-0.4, -0.2) is 36.1 Å². The van der Waals surface area contributed by atoms with E-state index < -0.39 is 0 Å². The van der Waals surface area contributed by atoms with Crippen molar-refractivity contribution in [1.82, 2.24) is 4.90 Å². The smallest absolute Gasteiger partial charge is 0.307 e. The number of nitrogens with zero attached hydrogens (tertiary/aromatic N) is 1. The third kappa shape index (κ3) is 5.38. The van der Waals surface area contributed by atoms with E-state index in [0.717, 1.165) is 19.6 Å². The number of ether oxygens (including phenoxy) is 1. The number of piperidine rings is 1. The number of esters is 1. The van der Waals surface area contributed by atoms with Gasteiger partial charge in [0.05, 0.1) is 6.42 Å². The van der Waals surface area contributed by atoms with Crippen molar-refractivity contribution in [3.63, 3.8) is 0 Å². The molecular weight excluding hydrogens is 226 g/mol. The number of likely N-dealkylation sites (tertiary alicyclic amines) is 1. The number of hydrogen-bond donors (Lipinski definition) is 0. The molecule has 0 unspecified atom stereocenters. The van der Waals surface area contributed by atoms with Gasteiger partial charge in [0, 0.05) is 6.54 Å². The third-order valence-electron chi connectivity index (χ3n) is 3.97. The van der Waals surface area contributed by atoms with Crippen LogP contribution < -0.4 is 0 Å². The molecule has 0 aromatic carbocycles. The summed E-state index contributed by atoms with van der Waals surface area (Å²) in [5.74, 6) is -0.0775. The largest absolute Gasteiger partial charge is 0.460 e. The number of rotatable bonds is 4. The topological polar surface area (TPSA) is 29.5 Å². The van der Waals surface area contributed by atoms with Gasteiger partial charge in [0.15, 0.2) is 0 Å². The van der Waals surface area contributed by atoms with E-state index in [1.54, 1.807) is 0 Å². The first-order chi connectivity index (χ1) is 8.24. The van der Waals surface area contributed by atoms with Gasteiger partial charge in [0.25, 0.3) is 0 Å². The highest BCUT2D eigenvalue weighted by Gasteiger charge is 2.28. The predicted molar refractivity (Wildman–Crippen MR) is 74.5 cm³/mol. The monoisotopic (exact) mass is 255 g/mol. The summed E-state index contributed by atoms with van der Waals surface area (Å²) in [4.78, 5) is 14.0. The fourth-order valence-electron chi connectivity index (χ4n) is 2.31. The Morgan fingerprint density at radius 1 is 1.28 bits per heavy atom.